The van der Waals surface area contributed by atoms with Crippen molar-refractivity contribution in [3.8, 4) is 0 Å². The Morgan fingerprint density at radius 3 is 2.75 bits per heavy atom. The highest BCUT2D eigenvalue weighted by atomic mass is 32.1. The van der Waals surface area contributed by atoms with Crippen LogP contribution < -0.4 is 5.32 Å². The first-order valence-corrected chi connectivity index (χ1v) is 7.37. The van der Waals surface area contributed by atoms with Crippen LogP contribution in [0.1, 0.15) is 26.5 Å². The number of nitrogens with zero attached hydrogens (tertiary/aromatic N) is 1. The van der Waals surface area contributed by atoms with Gasteiger partial charge in [-0.2, -0.15) is 4.37 Å². The Balaban J connectivity index is 2.11. The van der Waals surface area contributed by atoms with Crippen molar-refractivity contribution in [1.82, 2.24) is 4.37 Å². The van der Waals surface area contributed by atoms with Crippen molar-refractivity contribution in [2.75, 3.05) is 5.32 Å². The van der Waals surface area contributed by atoms with E-state index in [2.05, 4.69) is 9.69 Å². The van der Waals surface area contributed by atoms with Crippen molar-refractivity contribution in [3.05, 3.63) is 39.2 Å². The molecule has 2 N–H and O–H groups in total. The van der Waals surface area contributed by atoms with Gasteiger partial charge in [0.05, 0.1) is 5.69 Å². The van der Waals surface area contributed by atoms with Gasteiger partial charge in [0.15, 0.2) is 0 Å². The van der Waals surface area contributed by atoms with Crippen LogP contribution in [0.5, 0.6) is 0 Å². The number of rotatable bonds is 4. The van der Waals surface area contributed by atoms with Crippen molar-refractivity contribution in [3.63, 3.8) is 0 Å². The molecule has 5 nitrogen and oxygen atoms in total. The number of hydrogen-bond donors (Lipinski definition) is 2. The average molecular weight is 308 g/mol. The summed E-state index contributed by atoms with van der Waals surface area (Å²) in [5.41, 5.74) is 1.54. The quantitative estimate of drug-likeness (QED) is 0.850. The van der Waals surface area contributed by atoms with E-state index in [0.29, 0.717) is 5.69 Å². The highest BCUT2D eigenvalue weighted by molar-refractivity contribution is 7.11. The number of hydrogen-bond acceptors (Lipinski definition) is 5. The average Bonchev–Trinajstić information content (AvgIpc) is 2.93. The number of thiophene rings is 1. The minimum absolute atomic E-state index is 0.0454. The zero-order valence-corrected chi connectivity index (χ0v) is 12.5. The maximum absolute atomic E-state index is 11.8. The van der Waals surface area contributed by atoms with Gasteiger partial charge in [-0.15, -0.1) is 11.3 Å². The molecule has 2 aromatic rings. The normalized spacial score (nSPS) is 10.9. The second-order valence-electron chi connectivity index (χ2n) is 4.07. The molecule has 104 valence electrons. The number of aromatic carboxylic acids is 1. The number of carboxylic acids is 1. The Hall–Kier alpha value is -1.99. The Morgan fingerprint density at radius 1 is 1.40 bits per heavy atom. The highest BCUT2D eigenvalue weighted by Gasteiger charge is 2.18. The SMILES string of the molecule is Cc1ccsc1/C=C/C(=O)Nc1snc(C)c1C(=O)O. The summed E-state index contributed by atoms with van der Waals surface area (Å²) in [4.78, 5) is 23.9. The van der Waals surface area contributed by atoms with E-state index in [9.17, 15) is 9.59 Å². The van der Waals surface area contributed by atoms with E-state index in [0.717, 1.165) is 22.0 Å². The number of aryl methyl sites for hydroxylation is 2. The molecule has 0 aliphatic carbocycles. The molecule has 2 rings (SSSR count). The molecule has 7 heteroatoms. The third-order valence-electron chi connectivity index (χ3n) is 2.60. The molecular formula is C13H12N2O3S2. The zero-order chi connectivity index (χ0) is 14.7. The second kappa shape index (κ2) is 5.98. The predicted octanol–water partition coefficient (Wildman–Crippen LogP) is 3.17. The summed E-state index contributed by atoms with van der Waals surface area (Å²) in [7, 11) is 0. The first-order valence-electron chi connectivity index (χ1n) is 5.71. The summed E-state index contributed by atoms with van der Waals surface area (Å²) in [6.07, 6.45) is 3.10. The number of aromatic nitrogens is 1. The van der Waals surface area contributed by atoms with E-state index in [1.165, 1.54) is 17.4 Å². The van der Waals surface area contributed by atoms with Crippen molar-refractivity contribution < 1.29 is 14.7 Å². The molecule has 0 bridgehead atoms. The molecular weight excluding hydrogens is 296 g/mol. The molecule has 0 saturated heterocycles. The Bertz CT molecular complexity index is 686. The van der Waals surface area contributed by atoms with Gasteiger partial charge in [-0.25, -0.2) is 4.79 Å². The van der Waals surface area contributed by atoms with Crippen LogP contribution in [-0.4, -0.2) is 21.4 Å². The van der Waals surface area contributed by atoms with E-state index in [4.69, 9.17) is 5.11 Å². The molecule has 0 atom stereocenters. The number of amides is 1. The monoisotopic (exact) mass is 308 g/mol. The lowest BCUT2D eigenvalue weighted by atomic mass is 10.2. The van der Waals surface area contributed by atoms with Crippen LogP contribution in [0.25, 0.3) is 6.08 Å². The van der Waals surface area contributed by atoms with Crippen LogP contribution in [0.15, 0.2) is 17.5 Å². The fourth-order valence-corrected chi connectivity index (χ4v) is 3.18. The van der Waals surface area contributed by atoms with Gasteiger partial charge < -0.3 is 10.4 Å². The lowest BCUT2D eigenvalue weighted by molar-refractivity contribution is -0.111. The molecule has 0 aliphatic heterocycles. The van der Waals surface area contributed by atoms with Crippen LogP contribution in [0.3, 0.4) is 0 Å². The van der Waals surface area contributed by atoms with Gasteiger partial charge in [0, 0.05) is 11.0 Å². The molecule has 2 heterocycles. The van der Waals surface area contributed by atoms with E-state index < -0.39 is 5.97 Å². The fraction of sp³-hybridized carbons (Fsp3) is 0.154. The fourth-order valence-electron chi connectivity index (χ4n) is 1.57. The summed E-state index contributed by atoms with van der Waals surface area (Å²) in [5, 5.41) is 13.8. The third kappa shape index (κ3) is 3.12. The Morgan fingerprint density at radius 2 is 2.15 bits per heavy atom. The first-order chi connectivity index (χ1) is 9.49. The standard InChI is InChI=1S/C13H12N2O3S2/c1-7-5-6-19-9(7)3-4-10(16)14-12-11(13(17)18)8(2)15-20-12/h3-6H,1-2H3,(H,14,16)(H,17,18)/b4-3+. The zero-order valence-electron chi connectivity index (χ0n) is 10.8. The molecule has 2 aromatic heterocycles. The lowest BCUT2D eigenvalue weighted by Gasteiger charge is -1.99. The van der Waals surface area contributed by atoms with E-state index >= 15 is 0 Å². The maximum atomic E-state index is 11.8. The molecule has 0 spiro atoms. The molecule has 0 fully saturated rings. The number of carbonyl (C=O) groups is 2. The first kappa shape index (κ1) is 14.4. The van der Waals surface area contributed by atoms with Crippen molar-refractivity contribution >= 4 is 45.8 Å². The summed E-state index contributed by atoms with van der Waals surface area (Å²) in [6, 6.07) is 1.97. The van der Waals surface area contributed by atoms with E-state index in [1.807, 2.05) is 18.4 Å². The Kier molecular flexibility index (Phi) is 4.31. The number of carboxylic acid groups (broad SMARTS) is 1. The van der Waals surface area contributed by atoms with Crippen molar-refractivity contribution in [2.24, 2.45) is 0 Å². The Labute approximate surface area is 123 Å². The van der Waals surface area contributed by atoms with Gasteiger partial charge in [-0.05, 0) is 48.5 Å². The molecule has 0 unspecified atom stereocenters. The van der Waals surface area contributed by atoms with E-state index in [-0.39, 0.29) is 16.5 Å². The minimum atomic E-state index is -1.09. The van der Waals surface area contributed by atoms with Crippen LogP contribution >= 0.6 is 22.9 Å². The van der Waals surface area contributed by atoms with Gasteiger partial charge in [-0.1, -0.05) is 0 Å². The molecule has 1 amide bonds. The second-order valence-corrected chi connectivity index (χ2v) is 5.79. The van der Waals surface area contributed by atoms with Crippen LogP contribution in [0.2, 0.25) is 0 Å². The predicted molar refractivity (Wildman–Crippen MR) is 80.5 cm³/mol. The van der Waals surface area contributed by atoms with Crippen molar-refractivity contribution in [1.29, 1.82) is 0 Å². The van der Waals surface area contributed by atoms with Gasteiger partial charge in [0.1, 0.15) is 10.6 Å². The smallest absolute Gasteiger partial charge is 0.340 e. The summed E-state index contributed by atoms with van der Waals surface area (Å²) in [6.45, 7) is 3.56. The topological polar surface area (TPSA) is 79.3 Å². The number of nitrogens with one attached hydrogen (secondary N) is 1. The summed E-state index contributed by atoms with van der Waals surface area (Å²) < 4.78 is 3.94. The van der Waals surface area contributed by atoms with Crippen molar-refractivity contribution in [2.45, 2.75) is 13.8 Å². The van der Waals surface area contributed by atoms with Gasteiger partial charge in [-0.3, -0.25) is 4.79 Å². The molecule has 0 saturated carbocycles. The highest BCUT2D eigenvalue weighted by Crippen LogP contribution is 2.24. The van der Waals surface area contributed by atoms with Crippen LogP contribution in [0.4, 0.5) is 5.00 Å². The molecule has 0 aromatic carbocycles. The molecule has 20 heavy (non-hydrogen) atoms. The van der Waals surface area contributed by atoms with Gasteiger partial charge >= 0.3 is 5.97 Å². The number of carbonyl (C=O) groups excluding carboxylic acids is 1. The largest absolute Gasteiger partial charge is 0.478 e. The summed E-state index contributed by atoms with van der Waals surface area (Å²) in [5.74, 6) is -1.46. The number of anilines is 1. The maximum Gasteiger partial charge on any atom is 0.340 e. The molecule has 0 radical (unpaired) electrons. The van der Waals surface area contributed by atoms with Gasteiger partial charge in [0.25, 0.3) is 0 Å². The van der Waals surface area contributed by atoms with Crippen LogP contribution in [-0.2, 0) is 4.79 Å². The van der Waals surface area contributed by atoms with Crippen LogP contribution in [0, 0.1) is 13.8 Å². The van der Waals surface area contributed by atoms with Gasteiger partial charge in [0.2, 0.25) is 5.91 Å². The molecule has 0 aliphatic rings. The summed E-state index contributed by atoms with van der Waals surface area (Å²) >= 11 is 2.50. The lowest BCUT2D eigenvalue weighted by Crippen LogP contribution is -2.10. The minimum Gasteiger partial charge on any atom is -0.478 e. The van der Waals surface area contributed by atoms with E-state index in [1.54, 1.807) is 13.0 Å². The third-order valence-corrected chi connectivity index (χ3v) is 4.44.